The van der Waals surface area contributed by atoms with Crippen LogP contribution in [0.4, 0.5) is 5.69 Å². The van der Waals surface area contributed by atoms with E-state index >= 15 is 0 Å². The fraction of sp³-hybridized carbons (Fsp3) is 0.143. The molecular formula is C21H16BrN5O2. The molecule has 7 nitrogen and oxygen atoms in total. The van der Waals surface area contributed by atoms with E-state index in [0.717, 1.165) is 5.56 Å². The Morgan fingerprint density at radius 3 is 2.72 bits per heavy atom. The molecular weight excluding hydrogens is 434 g/mol. The number of aromatic nitrogens is 3. The van der Waals surface area contributed by atoms with Gasteiger partial charge in [0.05, 0.1) is 36.6 Å². The molecule has 8 heteroatoms. The SMILES string of the molecule is C=C(C#N)C1(O)C(=O)N(Cc2cn(Cc3ccccc3)nn2)c2ccc(Br)cc21. The molecule has 1 aliphatic heterocycles. The van der Waals surface area contributed by atoms with Crippen LogP contribution < -0.4 is 4.90 Å². The van der Waals surface area contributed by atoms with E-state index in [0.29, 0.717) is 28.0 Å². The molecule has 29 heavy (non-hydrogen) atoms. The van der Waals surface area contributed by atoms with Crippen molar-refractivity contribution < 1.29 is 9.90 Å². The van der Waals surface area contributed by atoms with Gasteiger partial charge in [0.25, 0.3) is 5.91 Å². The maximum Gasteiger partial charge on any atom is 0.269 e. The number of anilines is 1. The molecule has 1 aliphatic rings. The van der Waals surface area contributed by atoms with Crippen molar-refractivity contribution in [3.8, 4) is 6.07 Å². The second-order valence-corrected chi connectivity index (χ2v) is 7.66. The quantitative estimate of drug-likeness (QED) is 0.604. The monoisotopic (exact) mass is 449 g/mol. The van der Waals surface area contributed by atoms with Crippen LogP contribution in [-0.4, -0.2) is 26.0 Å². The molecule has 0 bridgehead atoms. The summed E-state index contributed by atoms with van der Waals surface area (Å²) in [5, 5.41) is 28.6. The number of carbonyl (C=O) groups is 1. The number of hydrogen-bond acceptors (Lipinski definition) is 5. The minimum absolute atomic E-state index is 0.114. The van der Waals surface area contributed by atoms with Crippen LogP contribution in [0.2, 0.25) is 0 Å². The van der Waals surface area contributed by atoms with E-state index < -0.39 is 11.5 Å². The summed E-state index contributed by atoms with van der Waals surface area (Å²) in [6, 6.07) is 16.8. The lowest BCUT2D eigenvalue weighted by molar-refractivity contribution is -0.132. The number of nitrogens with zero attached hydrogens (tertiary/aromatic N) is 5. The summed E-state index contributed by atoms with van der Waals surface area (Å²) >= 11 is 3.35. The molecule has 1 amide bonds. The minimum Gasteiger partial charge on any atom is -0.371 e. The molecule has 1 aromatic heterocycles. The van der Waals surface area contributed by atoms with Gasteiger partial charge < -0.3 is 10.0 Å². The normalized spacial score (nSPS) is 17.8. The molecule has 0 radical (unpaired) electrons. The second kappa shape index (κ2) is 7.28. The molecule has 0 aliphatic carbocycles. The zero-order valence-electron chi connectivity index (χ0n) is 15.3. The van der Waals surface area contributed by atoms with E-state index in [1.807, 2.05) is 36.4 Å². The number of amides is 1. The number of benzene rings is 2. The van der Waals surface area contributed by atoms with E-state index in [-0.39, 0.29) is 12.1 Å². The first-order valence-electron chi connectivity index (χ1n) is 8.80. The third-order valence-corrected chi connectivity index (χ3v) is 5.35. The van der Waals surface area contributed by atoms with Crippen LogP contribution in [0, 0.1) is 11.3 Å². The standard InChI is InChI=1S/C21H16BrN5O2/c1-14(10-23)21(29)18-9-16(22)7-8-19(18)27(20(21)28)13-17-12-26(25-24-17)11-15-5-3-2-4-6-15/h2-9,12,29H,1,11,13H2. The summed E-state index contributed by atoms with van der Waals surface area (Å²) in [6.07, 6.45) is 1.76. The molecule has 1 N–H and O–H groups in total. The minimum atomic E-state index is -2.09. The van der Waals surface area contributed by atoms with E-state index in [1.165, 1.54) is 4.90 Å². The maximum absolute atomic E-state index is 13.1. The Balaban J connectivity index is 1.64. The number of nitriles is 1. The van der Waals surface area contributed by atoms with Crippen molar-refractivity contribution in [2.24, 2.45) is 0 Å². The van der Waals surface area contributed by atoms with Gasteiger partial charge in [0.15, 0.2) is 0 Å². The highest BCUT2D eigenvalue weighted by Crippen LogP contribution is 2.45. The van der Waals surface area contributed by atoms with Crippen molar-refractivity contribution in [2.45, 2.75) is 18.7 Å². The van der Waals surface area contributed by atoms with Crippen LogP contribution >= 0.6 is 15.9 Å². The Kier molecular flexibility index (Phi) is 4.78. The summed E-state index contributed by atoms with van der Waals surface area (Å²) in [6.45, 7) is 4.26. The molecule has 144 valence electrons. The highest BCUT2D eigenvalue weighted by Gasteiger charge is 2.52. The van der Waals surface area contributed by atoms with Crippen LogP contribution in [0.1, 0.15) is 16.8 Å². The highest BCUT2D eigenvalue weighted by molar-refractivity contribution is 9.10. The van der Waals surface area contributed by atoms with Gasteiger partial charge in [-0.05, 0) is 23.8 Å². The number of fused-ring (bicyclic) bond motifs is 1. The van der Waals surface area contributed by atoms with Gasteiger partial charge in [0.2, 0.25) is 5.60 Å². The van der Waals surface area contributed by atoms with Gasteiger partial charge in [-0.2, -0.15) is 5.26 Å². The zero-order valence-corrected chi connectivity index (χ0v) is 16.9. The molecule has 2 aromatic carbocycles. The summed E-state index contributed by atoms with van der Waals surface area (Å²) in [7, 11) is 0. The Morgan fingerprint density at radius 2 is 2.00 bits per heavy atom. The molecule has 0 fully saturated rings. The van der Waals surface area contributed by atoms with Gasteiger partial charge in [0.1, 0.15) is 5.69 Å². The van der Waals surface area contributed by atoms with Gasteiger partial charge in [0, 0.05) is 10.0 Å². The Hall–Kier alpha value is -3.28. The van der Waals surface area contributed by atoms with E-state index in [4.69, 9.17) is 0 Å². The van der Waals surface area contributed by atoms with Crippen LogP contribution in [-0.2, 0) is 23.5 Å². The Labute approximate surface area is 175 Å². The molecule has 1 unspecified atom stereocenters. The van der Waals surface area contributed by atoms with Crippen molar-refractivity contribution in [1.29, 1.82) is 5.26 Å². The van der Waals surface area contributed by atoms with Gasteiger partial charge in [-0.3, -0.25) is 4.79 Å². The van der Waals surface area contributed by atoms with E-state index in [9.17, 15) is 15.2 Å². The largest absolute Gasteiger partial charge is 0.371 e. The van der Waals surface area contributed by atoms with Crippen molar-refractivity contribution in [3.63, 3.8) is 0 Å². The average Bonchev–Trinajstić information content (AvgIpc) is 3.25. The van der Waals surface area contributed by atoms with Crippen LogP contribution in [0.15, 0.2) is 71.4 Å². The van der Waals surface area contributed by atoms with Crippen molar-refractivity contribution >= 4 is 27.5 Å². The average molecular weight is 450 g/mol. The Morgan fingerprint density at radius 1 is 1.24 bits per heavy atom. The van der Waals surface area contributed by atoms with Gasteiger partial charge in [-0.25, -0.2) is 4.68 Å². The maximum atomic E-state index is 13.1. The topological polar surface area (TPSA) is 95.0 Å². The smallest absolute Gasteiger partial charge is 0.269 e. The molecule has 0 saturated carbocycles. The number of carbonyl (C=O) groups excluding carboxylic acids is 1. The third-order valence-electron chi connectivity index (χ3n) is 4.86. The first-order chi connectivity index (χ1) is 13.9. The number of rotatable bonds is 5. The van der Waals surface area contributed by atoms with Gasteiger partial charge in [-0.15, -0.1) is 5.10 Å². The Bertz CT molecular complexity index is 1150. The van der Waals surface area contributed by atoms with Crippen LogP contribution in [0.3, 0.4) is 0 Å². The molecule has 0 spiro atoms. The van der Waals surface area contributed by atoms with Gasteiger partial charge in [-0.1, -0.05) is 58.1 Å². The zero-order chi connectivity index (χ0) is 20.6. The number of aliphatic hydroxyl groups is 1. The fourth-order valence-corrected chi connectivity index (χ4v) is 3.76. The second-order valence-electron chi connectivity index (χ2n) is 6.75. The van der Waals surface area contributed by atoms with Crippen LogP contribution in [0.25, 0.3) is 0 Å². The fourth-order valence-electron chi connectivity index (χ4n) is 3.40. The van der Waals surface area contributed by atoms with Crippen LogP contribution in [0.5, 0.6) is 0 Å². The summed E-state index contributed by atoms with van der Waals surface area (Å²) in [5.41, 5.74) is 0.159. The molecule has 4 rings (SSSR count). The van der Waals surface area contributed by atoms with Crippen molar-refractivity contribution in [3.05, 3.63) is 88.2 Å². The number of halogens is 1. The van der Waals surface area contributed by atoms with Crippen molar-refractivity contribution in [2.75, 3.05) is 4.90 Å². The lowest BCUT2D eigenvalue weighted by Crippen LogP contribution is -2.41. The molecule has 2 heterocycles. The summed E-state index contributed by atoms with van der Waals surface area (Å²) in [4.78, 5) is 14.5. The first kappa shape index (κ1) is 19.1. The van der Waals surface area contributed by atoms with E-state index in [2.05, 4.69) is 32.8 Å². The lowest BCUT2D eigenvalue weighted by Gasteiger charge is -2.21. The molecule has 3 aromatic rings. The first-order valence-corrected chi connectivity index (χ1v) is 9.59. The summed E-state index contributed by atoms with van der Waals surface area (Å²) in [5.74, 6) is -0.630. The summed E-state index contributed by atoms with van der Waals surface area (Å²) < 4.78 is 2.37. The van der Waals surface area contributed by atoms with E-state index in [1.54, 1.807) is 29.1 Å². The number of hydrogen-bond donors (Lipinski definition) is 1. The molecule has 0 saturated heterocycles. The predicted molar refractivity (Wildman–Crippen MR) is 110 cm³/mol. The lowest BCUT2D eigenvalue weighted by atomic mass is 9.89. The molecule has 1 atom stereocenters. The third kappa shape index (κ3) is 3.24. The highest BCUT2D eigenvalue weighted by atomic mass is 79.9. The van der Waals surface area contributed by atoms with Gasteiger partial charge >= 0.3 is 0 Å². The predicted octanol–water partition coefficient (Wildman–Crippen LogP) is 2.90. The van der Waals surface area contributed by atoms with Crippen molar-refractivity contribution in [1.82, 2.24) is 15.0 Å².